The Labute approximate surface area is 147 Å². The fourth-order valence-electron chi connectivity index (χ4n) is 2.98. The van der Waals surface area contributed by atoms with E-state index in [4.69, 9.17) is 9.15 Å². The van der Waals surface area contributed by atoms with E-state index in [0.717, 1.165) is 13.1 Å². The van der Waals surface area contributed by atoms with Crippen LogP contribution in [0.5, 0.6) is 5.75 Å². The molecular weight excluding hydrogens is 320 g/mol. The highest BCUT2D eigenvalue weighted by Crippen LogP contribution is 2.17. The first kappa shape index (κ1) is 17.5. The minimum absolute atomic E-state index is 0.00455. The lowest BCUT2D eigenvalue weighted by Crippen LogP contribution is -2.52. The molecule has 3 rings (SSSR count). The third-order valence-corrected chi connectivity index (χ3v) is 4.39. The third-order valence-electron chi connectivity index (χ3n) is 4.39. The summed E-state index contributed by atoms with van der Waals surface area (Å²) in [5, 5.41) is 10.2. The average Bonchev–Trinajstić information content (AvgIpc) is 3.17. The van der Waals surface area contributed by atoms with Crippen LogP contribution >= 0.6 is 0 Å². The van der Waals surface area contributed by atoms with E-state index in [1.807, 2.05) is 35.2 Å². The molecular formula is C19H24N2O4. The molecule has 0 spiro atoms. The smallest absolute Gasteiger partial charge is 0.263 e. The standard InChI is InChI=1S/C19H24N2O4/c1-15(25-16-6-3-2-4-7-16)19(23)21-11-9-20(10-12-21)14-17(22)18-8-5-13-24-18/h2-8,13,15,17,22H,9-12,14H2,1H3. The zero-order chi connectivity index (χ0) is 17.6. The Morgan fingerprint density at radius 3 is 2.52 bits per heavy atom. The van der Waals surface area contributed by atoms with Crippen LogP contribution in [0.15, 0.2) is 53.1 Å². The lowest BCUT2D eigenvalue weighted by atomic mass is 10.2. The SMILES string of the molecule is CC(Oc1ccccc1)C(=O)N1CCN(CC(O)c2ccco2)CC1. The number of hydrogen-bond acceptors (Lipinski definition) is 5. The van der Waals surface area contributed by atoms with Crippen LogP contribution in [-0.2, 0) is 4.79 Å². The molecule has 1 N–H and O–H groups in total. The maximum Gasteiger partial charge on any atom is 0.263 e. The molecule has 1 aliphatic rings. The van der Waals surface area contributed by atoms with Crippen LogP contribution < -0.4 is 4.74 Å². The Morgan fingerprint density at radius 2 is 1.88 bits per heavy atom. The van der Waals surface area contributed by atoms with E-state index in [1.165, 1.54) is 0 Å². The number of benzene rings is 1. The molecule has 2 atom stereocenters. The van der Waals surface area contributed by atoms with Crippen molar-refractivity contribution in [2.24, 2.45) is 0 Å². The van der Waals surface area contributed by atoms with Crippen LogP contribution in [0.1, 0.15) is 18.8 Å². The molecule has 0 aliphatic carbocycles. The second-order valence-electron chi connectivity index (χ2n) is 6.23. The van der Waals surface area contributed by atoms with Crippen molar-refractivity contribution in [3.63, 3.8) is 0 Å². The van der Waals surface area contributed by atoms with Gasteiger partial charge in [-0.1, -0.05) is 18.2 Å². The summed E-state index contributed by atoms with van der Waals surface area (Å²) in [7, 11) is 0. The van der Waals surface area contributed by atoms with Crippen molar-refractivity contribution in [1.29, 1.82) is 0 Å². The number of β-amino-alcohol motifs (C(OH)–C–C–N with tert-alkyl or cyclic N) is 1. The summed E-state index contributed by atoms with van der Waals surface area (Å²) in [4.78, 5) is 16.5. The van der Waals surface area contributed by atoms with Crippen LogP contribution in [-0.4, -0.2) is 59.6 Å². The number of aliphatic hydroxyl groups excluding tert-OH is 1. The van der Waals surface area contributed by atoms with Crippen LogP contribution in [0.3, 0.4) is 0 Å². The van der Waals surface area contributed by atoms with Gasteiger partial charge in [0.2, 0.25) is 0 Å². The summed E-state index contributed by atoms with van der Waals surface area (Å²) >= 11 is 0. The summed E-state index contributed by atoms with van der Waals surface area (Å²) < 4.78 is 10.9. The van der Waals surface area contributed by atoms with Gasteiger partial charge in [0.15, 0.2) is 6.10 Å². The summed E-state index contributed by atoms with van der Waals surface area (Å²) in [6.07, 6.45) is 0.406. The zero-order valence-corrected chi connectivity index (χ0v) is 14.4. The number of piperazine rings is 1. The van der Waals surface area contributed by atoms with E-state index >= 15 is 0 Å². The molecule has 1 saturated heterocycles. The Morgan fingerprint density at radius 1 is 1.16 bits per heavy atom. The molecule has 1 aliphatic heterocycles. The van der Waals surface area contributed by atoms with E-state index in [-0.39, 0.29) is 5.91 Å². The lowest BCUT2D eigenvalue weighted by molar-refractivity contribution is -0.139. The molecule has 1 fully saturated rings. The second-order valence-corrected chi connectivity index (χ2v) is 6.23. The van der Waals surface area contributed by atoms with Crippen molar-refractivity contribution in [3.05, 3.63) is 54.5 Å². The topological polar surface area (TPSA) is 66.2 Å². The van der Waals surface area contributed by atoms with Crippen LogP contribution in [0.2, 0.25) is 0 Å². The van der Waals surface area contributed by atoms with Gasteiger partial charge in [-0.15, -0.1) is 0 Å². The first-order chi connectivity index (χ1) is 12.1. The fourth-order valence-corrected chi connectivity index (χ4v) is 2.98. The van der Waals surface area contributed by atoms with Gasteiger partial charge in [0.1, 0.15) is 17.6 Å². The maximum atomic E-state index is 12.5. The van der Waals surface area contributed by atoms with Crippen molar-refractivity contribution in [2.45, 2.75) is 19.1 Å². The highest BCUT2D eigenvalue weighted by atomic mass is 16.5. The number of carbonyl (C=O) groups excluding carboxylic acids is 1. The van der Waals surface area contributed by atoms with Crippen molar-refractivity contribution in [1.82, 2.24) is 9.80 Å². The lowest BCUT2D eigenvalue weighted by Gasteiger charge is -2.36. The fraction of sp³-hybridized carbons (Fsp3) is 0.421. The van der Waals surface area contributed by atoms with Crippen LogP contribution in [0.25, 0.3) is 0 Å². The number of carbonyl (C=O) groups is 1. The Hall–Kier alpha value is -2.31. The molecule has 1 amide bonds. The molecule has 134 valence electrons. The van der Waals surface area contributed by atoms with Gasteiger partial charge in [-0.25, -0.2) is 0 Å². The Balaban J connectivity index is 1.45. The van der Waals surface area contributed by atoms with E-state index in [0.29, 0.717) is 31.1 Å². The highest BCUT2D eigenvalue weighted by molar-refractivity contribution is 5.81. The molecule has 2 heterocycles. The molecule has 2 unspecified atom stereocenters. The molecule has 0 radical (unpaired) electrons. The molecule has 6 heteroatoms. The molecule has 1 aromatic heterocycles. The van der Waals surface area contributed by atoms with E-state index in [2.05, 4.69) is 4.90 Å². The number of ether oxygens (including phenoxy) is 1. The number of hydrogen-bond donors (Lipinski definition) is 1. The zero-order valence-electron chi connectivity index (χ0n) is 14.4. The molecule has 1 aromatic carbocycles. The molecule has 0 saturated carbocycles. The number of aliphatic hydroxyl groups is 1. The van der Waals surface area contributed by atoms with Gasteiger partial charge < -0.3 is 19.2 Å². The van der Waals surface area contributed by atoms with Gasteiger partial charge in [0, 0.05) is 32.7 Å². The predicted octanol–water partition coefficient (Wildman–Crippen LogP) is 1.92. The Bertz CT molecular complexity index is 651. The minimum Gasteiger partial charge on any atom is -0.481 e. The summed E-state index contributed by atoms with van der Waals surface area (Å²) in [6.45, 7) is 5.00. The molecule has 2 aromatic rings. The molecule has 25 heavy (non-hydrogen) atoms. The van der Waals surface area contributed by atoms with Gasteiger partial charge in [0.25, 0.3) is 5.91 Å². The van der Waals surface area contributed by atoms with Crippen molar-refractivity contribution in [2.75, 3.05) is 32.7 Å². The van der Waals surface area contributed by atoms with Crippen molar-refractivity contribution >= 4 is 5.91 Å². The largest absolute Gasteiger partial charge is 0.481 e. The normalized spacial score (nSPS) is 17.9. The van der Waals surface area contributed by atoms with E-state index in [9.17, 15) is 9.90 Å². The maximum absolute atomic E-state index is 12.5. The monoisotopic (exact) mass is 344 g/mol. The van der Waals surface area contributed by atoms with Gasteiger partial charge >= 0.3 is 0 Å². The summed E-state index contributed by atoms with van der Waals surface area (Å²) in [5.74, 6) is 1.27. The number of nitrogens with zero attached hydrogens (tertiary/aromatic N) is 2. The minimum atomic E-state index is -0.641. The highest BCUT2D eigenvalue weighted by Gasteiger charge is 2.27. The number of amides is 1. The molecule has 6 nitrogen and oxygen atoms in total. The first-order valence-corrected chi connectivity index (χ1v) is 8.58. The van der Waals surface area contributed by atoms with Crippen LogP contribution in [0.4, 0.5) is 0 Å². The first-order valence-electron chi connectivity index (χ1n) is 8.58. The van der Waals surface area contributed by atoms with Gasteiger partial charge in [-0.2, -0.15) is 0 Å². The summed E-state index contributed by atoms with van der Waals surface area (Å²) in [6, 6.07) is 12.9. The number of para-hydroxylation sites is 1. The predicted molar refractivity (Wildman–Crippen MR) is 93.2 cm³/mol. The summed E-state index contributed by atoms with van der Waals surface area (Å²) in [5.41, 5.74) is 0. The van der Waals surface area contributed by atoms with Crippen molar-refractivity contribution < 1.29 is 19.1 Å². The third kappa shape index (κ3) is 4.61. The number of furan rings is 1. The van der Waals surface area contributed by atoms with E-state index < -0.39 is 12.2 Å². The quantitative estimate of drug-likeness (QED) is 0.867. The van der Waals surface area contributed by atoms with E-state index in [1.54, 1.807) is 25.3 Å². The van der Waals surface area contributed by atoms with Gasteiger partial charge in [-0.05, 0) is 31.2 Å². The van der Waals surface area contributed by atoms with Crippen LogP contribution in [0, 0.1) is 0 Å². The molecule has 0 bridgehead atoms. The second kappa shape index (κ2) is 8.18. The average molecular weight is 344 g/mol. The van der Waals surface area contributed by atoms with Crippen molar-refractivity contribution in [3.8, 4) is 5.75 Å². The van der Waals surface area contributed by atoms with Gasteiger partial charge in [-0.3, -0.25) is 9.69 Å². The number of rotatable bonds is 6. The van der Waals surface area contributed by atoms with Gasteiger partial charge in [0.05, 0.1) is 6.26 Å². The Kier molecular flexibility index (Phi) is 5.73.